The molecule has 1 amide bonds. The van der Waals surface area contributed by atoms with Crippen molar-refractivity contribution in [2.24, 2.45) is 5.73 Å². The van der Waals surface area contributed by atoms with E-state index in [2.05, 4.69) is 12.2 Å². The summed E-state index contributed by atoms with van der Waals surface area (Å²) in [5.41, 5.74) is 6.11. The maximum Gasteiger partial charge on any atom is 0.255 e. The minimum atomic E-state index is -0.560. The van der Waals surface area contributed by atoms with Crippen LogP contribution in [0.2, 0.25) is 5.02 Å². The van der Waals surface area contributed by atoms with Gasteiger partial charge >= 0.3 is 0 Å². The van der Waals surface area contributed by atoms with E-state index in [-0.39, 0.29) is 12.0 Å². The number of carbonyl (C=O) groups excluding carboxylic acids is 1. The van der Waals surface area contributed by atoms with E-state index in [1.807, 2.05) is 23.9 Å². The number of ether oxygens (including phenoxy) is 2. The number of hydrogen-bond acceptors (Lipinski definition) is 5. The fourth-order valence-corrected chi connectivity index (χ4v) is 3.78. The van der Waals surface area contributed by atoms with Crippen molar-refractivity contribution in [3.63, 3.8) is 0 Å². The van der Waals surface area contributed by atoms with Crippen LogP contribution in [0, 0.1) is 0 Å². The second-order valence-electron chi connectivity index (χ2n) is 4.90. The normalized spacial score (nSPS) is 21.9. The Bertz CT molecular complexity index is 527. The largest absolute Gasteiger partial charge is 0.493 e. The first kappa shape index (κ1) is 16.3. The van der Waals surface area contributed by atoms with Crippen molar-refractivity contribution in [1.29, 1.82) is 0 Å². The minimum Gasteiger partial charge on any atom is -0.493 e. The van der Waals surface area contributed by atoms with Crippen molar-refractivity contribution in [3.8, 4) is 11.5 Å². The van der Waals surface area contributed by atoms with Crippen molar-refractivity contribution in [3.05, 3.63) is 22.7 Å². The van der Waals surface area contributed by atoms with Crippen molar-refractivity contribution in [2.75, 3.05) is 19.5 Å². The van der Waals surface area contributed by atoms with E-state index >= 15 is 0 Å². The molecule has 1 aromatic carbocycles. The Labute approximate surface area is 133 Å². The van der Waals surface area contributed by atoms with Crippen molar-refractivity contribution in [1.82, 2.24) is 5.32 Å². The fourth-order valence-electron chi connectivity index (χ4n) is 2.12. The zero-order chi connectivity index (χ0) is 15.4. The summed E-state index contributed by atoms with van der Waals surface area (Å²) < 4.78 is 10.6. The van der Waals surface area contributed by atoms with Crippen molar-refractivity contribution >= 4 is 29.3 Å². The van der Waals surface area contributed by atoms with Gasteiger partial charge in [0, 0.05) is 6.04 Å². The first-order chi connectivity index (χ1) is 10.0. The molecule has 21 heavy (non-hydrogen) atoms. The average Bonchev–Trinajstić information content (AvgIpc) is 2.45. The Morgan fingerprint density at radius 1 is 1.57 bits per heavy atom. The van der Waals surface area contributed by atoms with E-state index in [1.165, 1.54) is 7.11 Å². The maximum absolute atomic E-state index is 10.8. The molecule has 0 bridgehead atoms. The highest BCUT2D eigenvalue weighted by Crippen LogP contribution is 2.41. The number of nitrogens with one attached hydrogen (secondary N) is 1. The molecule has 1 aromatic rings. The second-order valence-corrected chi connectivity index (χ2v) is 6.52. The molecular formula is C14H19ClN2O3S. The number of amides is 1. The van der Waals surface area contributed by atoms with Crippen LogP contribution >= 0.6 is 23.4 Å². The van der Waals surface area contributed by atoms with Crippen LogP contribution in [0.25, 0.3) is 0 Å². The minimum absolute atomic E-state index is 0.172. The number of halogens is 1. The third-order valence-corrected chi connectivity index (χ3v) is 4.68. The number of rotatable bonds is 5. The SMILES string of the molecule is COc1cc(C2NC(C)CCS2)cc(Cl)c1OCC(N)=O. The molecule has 0 saturated carbocycles. The molecule has 2 rings (SSSR count). The van der Waals surface area contributed by atoms with Crippen LogP contribution in [0.4, 0.5) is 0 Å². The zero-order valence-corrected chi connectivity index (χ0v) is 13.6. The molecule has 116 valence electrons. The number of primary amides is 1. The number of nitrogens with two attached hydrogens (primary N) is 1. The molecule has 0 spiro atoms. The molecule has 1 saturated heterocycles. The van der Waals surface area contributed by atoms with Gasteiger partial charge in [0.1, 0.15) is 0 Å². The van der Waals surface area contributed by atoms with Gasteiger partial charge < -0.3 is 15.2 Å². The first-order valence-corrected chi connectivity index (χ1v) is 8.10. The molecule has 7 heteroatoms. The molecule has 0 radical (unpaired) electrons. The molecule has 2 atom stereocenters. The number of thioether (sulfide) groups is 1. The summed E-state index contributed by atoms with van der Waals surface area (Å²) >= 11 is 8.09. The molecule has 0 aromatic heterocycles. The summed E-state index contributed by atoms with van der Waals surface area (Å²) in [7, 11) is 1.54. The van der Waals surface area contributed by atoms with Crippen LogP contribution in [-0.2, 0) is 4.79 Å². The predicted octanol–water partition coefficient (Wildman–Crippen LogP) is 2.33. The lowest BCUT2D eigenvalue weighted by atomic mass is 10.1. The highest BCUT2D eigenvalue weighted by Gasteiger charge is 2.23. The third-order valence-electron chi connectivity index (χ3n) is 3.18. The first-order valence-electron chi connectivity index (χ1n) is 6.67. The Balaban J connectivity index is 2.24. The topological polar surface area (TPSA) is 73.6 Å². The standard InChI is InChI=1S/C14H19ClN2O3S/c1-8-3-4-21-14(17-8)9-5-10(15)13(11(6-9)19-2)20-7-12(16)18/h5-6,8,14,17H,3-4,7H2,1-2H3,(H2,16,18). The van der Waals surface area contributed by atoms with Gasteiger partial charge in [-0.15, -0.1) is 11.8 Å². The number of hydrogen-bond donors (Lipinski definition) is 2. The zero-order valence-electron chi connectivity index (χ0n) is 12.0. The molecule has 0 aliphatic carbocycles. The van der Waals surface area contributed by atoms with Gasteiger partial charge in [0.25, 0.3) is 5.91 Å². The van der Waals surface area contributed by atoms with Crippen LogP contribution in [0.5, 0.6) is 11.5 Å². The molecular weight excluding hydrogens is 312 g/mol. The lowest BCUT2D eigenvalue weighted by Crippen LogP contribution is -2.33. The molecule has 1 aliphatic heterocycles. The Hall–Kier alpha value is -1.11. The summed E-state index contributed by atoms with van der Waals surface area (Å²) in [4.78, 5) is 10.8. The third kappa shape index (κ3) is 4.18. The lowest BCUT2D eigenvalue weighted by Gasteiger charge is -2.29. The van der Waals surface area contributed by atoms with E-state index in [9.17, 15) is 4.79 Å². The summed E-state index contributed by atoms with van der Waals surface area (Å²) in [6.45, 7) is 1.93. The molecule has 3 N–H and O–H groups in total. The van der Waals surface area contributed by atoms with Gasteiger partial charge in [-0.3, -0.25) is 10.1 Å². The number of methoxy groups -OCH3 is 1. The molecule has 1 heterocycles. The number of benzene rings is 1. The summed E-state index contributed by atoms with van der Waals surface area (Å²) in [5, 5.41) is 4.09. The monoisotopic (exact) mass is 330 g/mol. The summed E-state index contributed by atoms with van der Waals surface area (Å²) in [6.07, 6.45) is 1.14. The van der Waals surface area contributed by atoms with Crippen LogP contribution < -0.4 is 20.5 Å². The quantitative estimate of drug-likeness (QED) is 0.866. The van der Waals surface area contributed by atoms with Gasteiger partial charge in [0.05, 0.1) is 17.5 Å². The Morgan fingerprint density at radius 2 is 2.33 bits per heavy atom. The highest BCUT2D eigenvalue weighted by atomic mass is 35.5. The van der Waals surface area contributed by atoms with E-state index < -0.39 is 5.91 Å². The highest BCUT2D eigenvalue weighted by molar-refractivity contribution is 7.99. The van der Waals surface area contributed by atoms with E-state index in [0.717, 1.165) is 17.7 Å². The smallest absolute Gasteiger partial charge is 0.255 e. The predicted molar refractivity (Wildman–Crippen MR) is 85.1 cm³/mol. The van der Waals surface area contributed by atoms with Gasteiger partial charge in [-0.1, -0.05) is 11.6 Å². The van der Waals surface area contributed by atoms with Crippen LogP contribution in [-0.4, -0.2) is 31.4 Å². The fraction of sp³-hybridized carbons (Fsp3) is 0.500. The molecule has 5 nitrogen and oxygen atoms in total. The van der Waals surface area contributed by atoms with E-state index in [0.29, 0.717) is 22.6 Å². The molecule has 2 unspecified atom stereocenters. The van der Waals surface area contributed by atoms with Gasteiger partial charge in [0.2, 0.25) is 0 Å². The summed E-state index contributed by atoms with van der Waals surface area (Å²) in [6, 6.07) is 4.18. The number of carbonyl (C=O) groups is 1. The Kier molecular flexibility index (Phi) is 5.61. The van der Waals surface area contributed by atoms with Crippen LogP contribution in [0.1, 0.15) is 24.3 Å². The van der Waals surface area contributed by atoms with E-state index in [1.54, 1.807) is 0 Å². The van der Waals surface area contributed by atoms with Gasteiger partial charge in [-0.25, -0.2) is 0 Å². The van der Waals surface area contributed by atoms with E-state index in [4.69, 9.17) is 26.8 Å². The van der Waals surface area contributed by atoms with Gasteiger partial charge in [-0.05, 0) is 36.8 Å². The van der Waals surface area contributed by atoms with Crippen molar-refractivity contribution in [2.45, 2.75) is 24.8 Å². The summed E-state index contributed by atoms with van der Waals surface area (Å²) in [5.74, 6) is 1.38. The molecule has 1 aliphatic rings. The Morgan fingerprint density at radius 3 is 2.95 bits per heavy atom. The van der Waals surface area contributed by atoms with Crippen LogP contribution in [0.3, 0.4) is 0 Å². The van der Waals surface area contributed by atoms with Crippen molar-refractivity contribution < 1.29 is 14.3 Å². The average molecular weight is 331 g/mol. The van der Waals surface area contributed by atoms with Gasteiger partial charge in [-0.2, -0.15) is 0 Å². The van der Waals surface area contributed by atoms with Gasteiger partial charge in [0.15, 0.2) is 18.1 Å². The molecule has 1 fully saturated rings. The van der Waals surface area contributed by atoms with Crippen LogP contribution in [0.15, 0.2) is 12.1 Å². The maximum atomic E-state index is 10.8. The lowest BCUT2D eigenvalue weighted by molar-refractivity contribution is -0.119. The second kappa shape index (κ2) is 7.24.